The zero-order chi connectivity index (χ0) is 10.1. The molecule has 0 aromatic carbocycles. The van der Waals surface area contributed by atoms with Gasteiger partial charge in [0.15, 0.2) is 0 Å². The highest BCUT2D eigenvalue weighted by Crippen LogP contribution is 2.40. The monoisotopic (exact) mass is 195 g/mol. The fourth-order valence-electron chi connectivity index (χ4n) is 2.25. The maximum atomic E-state index is 11.6. The van der Waals surface area contributed by atoms with Gasteiger partial charge in [-0.3, -0.25) is 4.79 Å². The van der Waals surface area contributed by atoms with Gasteiger partial charge in [0, 0.05) is 12.5 Å². The Hall–Kier alpha value is -0.830. The first-order valence-electron chi connectivity index (χ1n) is 5.23. The summed E-state index contributed by atoms with van der Waals surface area (Å²) in [6.07, 6.45) is 1.93. The number of nitrogens with one attached hydrogen (secondary N) is 1. The van der Waals surface area contributed by atoms with Crippen LogP contribution in [-0.4, -0.2) is 25.2 Å². The van der Waals surface area contributed by atoms with Gasteiger partial charge in [-0.2, -0.15) is 0 Å². The zero-order valence-corrected chi connectivity index (χ0v) is 8.58. The number of rotatable bonds is 4. The van der Waals surface area contributed by atoms with Gasteiger partial charge in [-0.15, -0.1) is 6.58 Å². The minimum atomic E-state index is -0.0162. The lowest BCUT2D eigenvalue weighted by atomic mass is 9.74. The number of ether oxygens (including phenoxy) is 1. The largest absolute Gasteiger partial charge is 0.465 e. The van der Waals surface area contributed by atoms with Gasteiger partial charge < -0.3 is 10.1 Å². The maximum Gasteiger partial charge on any atom is 0.310 e. The van der Waals surface area contributed by atoms with Crippen LogP contribution >= 0.6 is 0 Å². The summed E-state index contributed by atoms with van der Waals surface area (Å²) in [6, 6.07) is 0.400. The maximum absolute atomic E-state index is 11.6. The molecule has 0 radical (unpaired) electrons. The SMILES string of the molecule is C=C(C)CCOC(=O)C1C2CNC1C2. The molecular weight excluding hydrogens is 178 g/mol. The molecule has 0 aromatic heterocycles. The van der Waals surface area contributed by atoms with Gasteiger partial charge in [0.2, 0.25) is 0 Å². The molecule has 3 heteroatoms. The summed E-state index contributed by atoms with van der Waals surface area (Å²) in [5, 5.41) is 3.31. The van der Waals surface area contributed by atoms with Gasteiger partial charge >= 0.3 is 5.97 Å². The van der Waals surface area contributed by atoms with Gasteiger partial charge in [0.1, 0.15) is 0 Å². The van der Waals surface area contributed by atoms with Crippen molar-refractivity contribution in [3.05, 3.63) is 12.2 Å². The van der Waals surface area contributed by atoms with Crippen LogP contribution in [-0.2, 0) is 9.53 Å². The lowest BCUT2D eigenvalue weighted by molar-refractivity contribution is -0.153. The van der Waals surface area contributed by atoms with Crippen LogP contribution in [0.4, 0.5) is 0 Å². The topological polar surface area (TPSA) is 38.3 Å². The Bertz CT molecular complexity index is 248. The molecule has 3 aliphatic rings. The number of carbonyl (C=O) groups excluding carboxylic acids is 1. The Labute approximate surface area is 84.5 Å². The van der Waals surface area contributed by atoms with Crippen molar-refractivity contribution in [2.24, 2.45) is 11.8 Å². The summed E-state index contributed by atoms with van der Waals surface area (Å²) >= 11 is 0. The molecule has 1 aliphatic carbocycles. The minimum Gasteiger partial charge on any atom is -0.465 e. The molecule has 1 saturated carbocycles. The zero-order valence-electron chi connectivity index (χ0n) is 8.58. The van der Waals surface area contributed by atoms with Crippen molar-refractivity contribution in [3.8, 4) is 0 Å². The van der Waals surface area contributed by atoms with Crippen LogP contribution in [0, 0.1) is 11.8 Å². The first-order chi connectivity index (χ1) is 6.68. The van der Waals surface area contributed by atoms with Crippen LogP contribution < -0.4 is 5.32 Å². The van der Waals surface area contributed by atoms with E-state index in [0.717, 1.165) is 25.0 Å². The van der Waals surface area contributed by atoms with E-state index < -0.39 is 0 Å². The highest BCUT2D eigenvalue weighted by atomic mass is 16.5. The molecular formula is C11H17NO2. The van der Waals surface area contributed by atoms with Crippen LogP contribution in [0.5, 0.6) is 0 Å². The molecule has 2 saturated heterocycles. The summed E-state index contributed by atoms with van der Waals surface area (Å²) in [5.41, 5.74) is 1.06. The van der Waals surface area contributed by atoms with Crippen molar-refractivity contribution in [1.29, 1.82) is 0 Å². The average Bonchev–Trinajstić information content (AvgIpc) is 2.62. The Kier molecular flexibility index (Phi) is 2.59. The number of esters is 1. The van der Waals surface area contributed by atoms with E-state index in [4.69, 9.17) is 4.74 Å². The molecule has 3 nitrogen and oxygen atoms in total. The lowest BCUT2D eigenvalue weighted by Crippen LogP contribution is -2.43. The second-order valence-corrected chi connectivity index (χ2v) is 4.41. The Morgan fingerprint density at radius 3 is 2.93 bits per heavy atom. The number of fused-ring (bicyclic) bond motifs is 1. The highest BCUT2D eigenvalue weighted by molar-refractivity contribution is 5.75. The van der Waals surface area contributed by atoms with Gasteiger partial charge in [-0.1, -0.05) is 5.57 Å². The standard InChI is InChI=1S/C11H17NO2/c1-7(2)3-4-14-11(13)10-8-5-9(10)12-6-8/h8-10,12H,1,3-6H2,2H3. The molecule has 78 valence electrons. The number of carbonyl (C=O) groups is 1. The molecule has 1 N–H and O–H groups in total. The van der Waals surface area contributed by atoms with Gasteiger partial charge in [-0.25, -0.2) is 0 Å². The Balaban J connectivity index is 1.71. The molecule has 2 bridgehead atoms. The number of hydrogen-bond donors (Lipinski definition) is 1. The molecule has 2 aliphatic heterocycles. The average molecular weight is 195 g/mol. The van der Waals surface area contributed by atoms with Crippen LogP contribution in [0.25, 0.3) is 0 Å². The molecule has 14 heavy (non-hydrogen) atoms. The normalized spacial score (nSPS) is 33.6. The molecule has 2 heterocycles. The van der Waals surface area contributed by atoms with Crippen LogP contribution in [0.15, 0.2) is 12.2 Å². The van der Waals surface area contributed by atoms with E-state index in [-0.39, 0.29) is 11.9 Å². The first-order valence-corrected chi connectivity index (χ1v) is 5.23. The van der Waals surface area contributed by atoms with Crippen LogP contribution in [0.3, 0.4) is 0 Å². The molecule has 0 spiro atoms. The third-order valence-electron chi connectivity index (χ3n) is 3.19. The van der Waals surface area contributed by atoms with E-state index in [0.29, 0.717) is 18.6 Å². The molecule has 3 fully saturated rings. The fraction of sp³-hybridized carbons (Fsp3) is 0.727. The molecule has 3 atom stereocenters. The molecule has 0 amide bonds. The molecule has 0 aromatic rings. The fourth-order valence-corrected chi connectivity index (χ4v) is 2.25. The van der Waals surface area contributed by atoms with Crippen LogP contribution in [0.2, 0.25) is 0 Å². The minimum absolute atomic E-state index is 0.0162. The summed E-state index contributed by atoms with van der Waals surface area (Å²) in [4.78, 5) is 11.6. The quantitative estimate of drug-likeness (QED) is 0.539. The van der Waals surface area contributed by atoms with Gasteiger partial charge in [-0.05, 0) is 25.8 Å². The van der Waals surface area contributed by atoms with E-state index >= 15 is 0 Å². The van der Waals surface area contributed by atoms with E-state index in [1.54, 1.807) is 0 Å². The number of hydrogen-bond acceptors (Lipinski definition) is 3. The van der Waals surface area contributed by atoms with Crippen molar-refractivity contribution >= 4 is 5.97 Å². The van der Waals surface area contributed by atoms with Crippen molar-refractivity contribution < 1.29 is 9.53 Å². The van der Waals surface area contributed by atoms with Crippen LogP contribution in [0.1, 0.15) is 19.8 Å². The van der Waals surface area contributed by atoms with Gasteiger partial charge in [0.05, 0.1) is 12.5 Å². The third-order valence-corrected chi connectivity index (χ3v) is 3.19. The summed E-state index contributed by atoms with van der Waals surface area (Å²) in [7, 11) is 0. The predicted octanol–water partition coefficient (Wildman–Crippen LogP) is 1.10. The Morgan fingerprint density at radius 1 is 1.64 bits per heavy atom. The van der Waals surface area contributed by atoms with Crippen molar-refractivity contribution in [3.63, 3.8) is 0 Å². The summed E-state index contributed by atoms with van der Waals surface area (Å²) in [5.74, 6) is 0.662. The first kappa shape index (κ1) is 9.71. The summed E-state index contributed by atoms with van der Waals surface area (Å²) in [6.45, 7) is 7.20. The second kappa shape index (κ2) is 3.73. The Morgan fingerprint density at radius 2 is 2.43 bits per heavy atom. The smallest absolute Gasteiger partial charge is 0.310 e. The predicted molar refractivity (Wildman–Crippen MR) is 53.8 cm³/mol. The van der Waals surface area contributed by atoms with E-state index in [1.807, 2.05) is 6.92 Å². The van der Waals surface area contributed by atoms with E-state index in [9.17, 15) is 4.79 Å². The van der Waals surface area contributed by atoms with E-state index in [2.05, 4.69) is 11.9 Å². The summed E-state index contributed by atoms with van der Waals surface area (Å²) < 4.78 is 5.20. The van der Waals surface area contributed by atoms with Crippen molar-refractivity contribution in [1.82, 2.24) is 5.32 Å². The van der Waals surface area contributed by atoms with E-state index in [1.165, 1.54) is 0 Å². The van der Waals surface area contributed by atoms with Gasteiger partial charge in [0.25, 0.3) is 0 Å². The second-order valence-electron chi connectivity index (χ2n) is 4.41. The molecule has 3 rings (SSSR count). The molecule has 3 unspecified atom stereocenters. The van der Waals surface area contributed by atoms with Crippen molar-refractivity contribution in [2.75, 3.05) is 13.2 Å². The highest BCUT2D eigenvalue weighted by Gasteiger charge is 2.51. The lowest BCUT2D eigenvalue weighted by Gasteiger charge is -2.32. The van der Waals surface area contributed by atoms with Crippen molar-refractivity contribution in [2.45, 2.75) is 25.8 Å². The third kappa shape index (κ3) is 1.69.